The molecule has 0 radical (unpaired) electrons. The van der Waals surface area contributed by atoms with Gasteiger partial charge in [0.05, 0.1) is 6.61 Å². The maximum Gasteiger partial charge on any atom is 0.0622 e. The van der Waals surface area contributed by atoms with Crippen molar-refractivity contribution in [3.05, 3.63) is 0 Å². The van der Waals surface area contributed by atoms with Crippen LogP contribution < -0.4 is 0 Å². The first-order chi connectivity index (χ1) is 5.34. The summed E-state index contributed by atoms with van der Waals surface area (Å²) in [6.45, 7) is 3.03. The Morgan fingerprint density at radius 2 is 2.45 bits per heavy atom. The molecule has 1 unspecified atom stereocenters. The average Bonchev–Trinajstić information content (AvgIpc) is 2.52. The van der Waals surface area contributed by atoms with E-state index in [2.05, 4.69) is 11.9 Å². The van der Waals surface area contributed by atoms with Gasteiger partial charge in [-0.05, 0) is 19.9 Å². The molecule has 11 heavy (non-hydrogen) atoms. The van der Waals surface area contributed by atoms with Crippen molar-refractivity contribution in [3.8, 4) is 0 Å². The zero-order valence-corrected chi connectivity index (χ0v) is 7.12. The third-order valence-corrected chi connectivity index (χ3v) is 2.20. The lowest BCUT2D eigenvalue weighted by molar-refractivity contribution is 0.153. The quantitative estimate of drug-likeness (QED) is 0.631. The second-order valence-electron chi connectivity index (χ2n) is 3.08. The summed E-state index contributed by atoms with van der Waals surface area (Å²) >= 11 is 0. The highest BCUT2D eigenvalue weighted by Gasteiger charge is 2.19. The normalized spacial score (nSPS) is 24.8. The molecule has 1 aliphatic rings. The molecule has 1 N–H and O–H groups in total. The Labute approximate surface area is 68.0 Å². The Hall–Kier alpha value is -0.120. The minimum absolute atomic E-state index is 0.290. The van der Waals surface area contributed by atoms with Crippen molar-refractivity contribution >= 4 is 0 Å². The van der Waals surface area contributed by atoms with E-state index in [9.17, 15) is 0 Å². The number of hydrogen-bond donors (Lipinski definition) is 1. The second kappa shape index (κ2) is 4.70. The van der Waals surface area contributed by atoms with Gasteiger partial charge in [-0.15, -0.1) is 0 Å². The van der Waals surface area contributed by atoms with Gasteiger partial charge in [0.25, 0.3) is 0 Å². The highest BCUT2D eigenvalue weighted by molar-refractivity contribution is 4.72. The molecule has 1 rings (SSSR count). The molecule has 0 aromatic heterocycles. The fraction of sp³-hybridized carbons (Fsp3) is 1.00. The van der Waals surface area contributed by atoms with Crippen LogP contribution in [-0.4, -0.2) is 49.5 Å². The average molecular weight is 159 g/mol. The first kappa shape index (κ1) is 8.97. The van der Waals surface area contributed by atoms with Gasteiger partial charge in [0.15, 0.2) is 0 Å². The van der Waals surface area contributed by atoms with Crippen LogP contribution in [0.3, 0.4) is 0 Å². The van der Waals surface area contributed by atoms with Gasteiger partial charge in [-0.2, -0.15) is 0 Å². The van der Waals surface area contributed by atoms with E-state index in [1.807, 2.05) is 0 Å². The van der Waals surface area contributed by atoms with Gasteiger partial charge in [0.1, 0.15) is 0 Å². The van der Waals surface area contributed by atoms with Crippen molar-refractivity contribution in [2.75, 3.05) is 33.4 Å². The number of ether oxygens (including phenoxy) is 1. The lowest BCUT2D eigenvalue weighted by Gasteiger charge is -2.21. The minimum Gasteiger partial charge on any atom is -0.396 e. The van der Waals surface area contributed by atoms with Crippen molar-refractivity contribution in [2.24, 2.45) is 0 Å². The number of aliphatic hydroxyl groups excluding tert-OH is 1. The fourth-order valence-corrected chi connectivity index (χ4v) is 1.37. The van der Waals surface area contributed by atoms with Crippen molar-refractivity contribution in [2.45, 2.75) is 18.9 Å². The smallest absolute Gasteiger partial charge is 0.0622 e. The molecule has 1 atom stereocenters. The lowest BCUT2D eigenvalue weighted by atomic mass is 10.2. The SMILES string of the molecule is CN(CCCO)C1CCOC1. The highest BCUT2D eigenvalue weighted by atomic mass is 16.5. The molecular weight excluding hydrogens is 142 g/mol. The van der Waals surface area contributed by atoms with Gasteiger partial charge in [0.2, 0.25) is 0 Å². The van der Waals surface area contributed by atoms with E-state index in [4.69, 9.17) is 9.84 Å². The molecule has 0 aromatic rings. The summed E-state index contributed by atoms with van der Waals surface area (Å²) in [7, 11) is 2.09. The molecule has 0 aromatic carbocycles. The van der Waals surface area contributed by atoms with Gasteiger partial charge in [-0.1, -0.05) is 0 Å². The van der Waals surface area contributed by atoms with Crippen LogP contribution in [0.5, 0.6) is 0 Å². The molecule has 1 aliphatic heterocycles. The Morgan fingerprint density at radius 3 is 3.00 bits per heavy atom. The molecule has 0 spiro atoms. The summed E-state index contributed by atoms with van der Waals surface area (Å²) in [6, 6.07) is 0.585. The monoisotopic (exact) mass is 159 g/mol. The molecule has 3 nitrogen and oxygen atoms in total. The van der Waals surface area contributed by atoms with Crippen molar-refractivity contribution < 1.29 is 9.84 Å². The van der Waals surface area contributed by atoms with Crippen LogP contribution >= 0.6 is 0 Å². The van der Waals surface area contributed by atoms with E-state index in [0.29, 0.717) is 6.04 Å². The second-order valence-corrected chi connectivity index (χ2v) is 3.08. The van der Waals surface area contributed by atoms with Crippen molar-refractivity contribution in [1.29, 1.82) is 0 Å². The summed E-state index contributed by atoms with van der Waals surface area (Å²) in [5.74, 6) is 0. The minimum atomic E-state index is 0.290. The topological polar surface area (TPSA) is 32.7 Å². The predicted octanol–water partition coefficient (Wildman–Crippen LogP) is 0.0895. The van der Waals surface area contributed by atoms with Crippen LogP contribution in [-0.2, 0) is 4.74 Å². The molecule has 3 heteroatoms. The van der Waals surface area contributed by atoms with Crippen LogP contribution in [0, 0.1) is 0 Å². The molecule has 0 bridgehead atoms. The van der Waals surface area contributed by atoms with Crippen LogP contribution in [0.25, 0.3) is 0 Å². The molecule has 0 aliphatic carbocycles. The van der Waals surface area contributed by atoms with E-state index in [1.54, 1.807) is 0 Å². The third-order valence-electron chi connectivity index (χ3n) is 2.20. The lowest BCUT2D eigenvalue weighted by Crippen LogP contribution is -2.33. The first-order valence-electron chi connectivity index (χ1n) is 4.23. The molecule has 1 saturated heterocycles. The highest BCUT2D eigenvalue weighted by Crippen LogP contribution is 2.10. The molecule has 1 fully saturated rings. The number of likely N-dealkylation sites (N-methyl/N-ethyl adjacent to an activating group) is 1. The number of rotatable bonds is 4. The molecular formula is C8H17NO2. The molecule has 0 amide bonds. The Balaban J connectivity index is 2.12. The Kier molecular flexibility index (Phi) is 3.83. The molecule has 1 heterocycles. The molecule has 0 saturated carbocycles. The summed E-state index contributed by atoms with van der Waals surface area (Å²) in [6.07, 6.45) is 2.01. The van der Waals surface area contributed by atoms with Crippen LogP contribution in [0.1, 0.15) is 12.8 Å². The Bertz CT molecular complexity index is 102. The zero-order valence-electron chi connectivity index (χ0n) is 7.12. The van der Waals surface area contributed by atoms with Crippen molar-refractivity contribution in [1.82, 2.24) is 4.90 Å². The van der Waals surface area contributed by atoms with Crippen LogP contribution in [0.15, 0.2) is 0 Å². The maximum atomic E-state index is 8.60. The Morgan fingerprint density at radius 1 is 1.64 bits per heavy atom. The standard InChI is InChI=1S/C8H17NO2/c1-9(4-2-5-10)8-3-6-11-7-8/h8,10H,2-7H2,1H3. The zero-order chi connectivity index (χ0) is 8.10. The van der Waals surface area contributed by atoms with E-state index < -0.39 is 0 Å². The van der Waals surface area contributed by atoms with Crippen LogP contribution in [0.4, 0.5) is 0 Å². The molecule has 66 valence electrons. The fourth-order valence-electron chi connectivity index (χ4n) is 1.37. The van der Waals surface area contributed by atoms with Crippen molar-refractivity contribution in [3.63, 3.8) is 0 Å². The first-order valence-corrected chi connectivity index (χ1v) is 4.23. The summed E-state index contributed by atoms with van der Waals surface area (Å²) in [5, 5.41) is 8.60. The van der Waals surface area contributed by atoms with E-state index >= 15 is 0 Å². The van der Waals surface area contributed by atoms with Gasteiger partial charge in [0, 0.05) is 25.8 Å². The summed E-state index contributed by atoms with van der Waals surface area (Å²) in [5.41, 5.74) is 0. The maximum absolute atomic E-state index is 8.60. The van der Waals surface area contributed by atoms with Gasteiger partial charge in [-0.25, -0.2) is 0 Å². The number of nitrogens with zero attached hydrogens (tertiary/aromatic N) is 1. The summed E-state index contributed by atoms with van der Waals surface area (Å²) < 4.78 is 5.25. The van der Waals surface area contributed by atoms with E-state index in [0.717, 1.165) is 32.6 Å². The van der Waals surface area contributed by atoms with E-state index in [1.165, 1.54) is 0 Å². The number of aliphatic hydroxyl groups is 1. The van der Waals surface area contributed by atoms with Gasteiger partial charge >= 0.3 is 0 Å². The van der Waals surface area contributed by atoms with Gasteiger partial charge < -0.3 is 14.7 Å². The number of hydrogen-bond acceptors (Lipinski definition) is 3. The van der Waals surface area contributed by atoms with Crippen LogP contribution in [0.2, 0.25) is 0 Å². The largest absolute Gasteiger partial charge is 0.396 e. The van der Waals surface area contributed by atoms with Gasteiger partial charge in [-0.3, -0.25) is 0 Å². The third kappa shape index (κ3) is 2.77. The summed E-state index contributed by atoms with van der Waals surface area (Å²) in [4.78, 5) is 2.27. The predicted molar refractivity (Wildman–Crippen MR) is 43.6 cm³/mol. The van der Waals surface area contributed by atoms with E-state index in [-0.39, 0.29) is 6.61 Å².